The lowest BCUT2D eigenvalue weighted by Gasteiger charge is -2.09. The molecule has 0 radical (unpaired) electrons. The molecule has 0 bridgehead atoms. The highest BCUT2D eigenvalue weighted by atomic mass is 16.1. The number of nitrogens with one attached hydrogen (secondary N) is 2. The van der Waals surface area contributed by atoms with Gasteiger partial charge in [-0.2, -0.15) is 20.7 Å². The first-order chi connectivity index (χ1) is 13.6. The van der Waals surface area contributed by atoms with Crippen LogP contribution in [-0.4, -0.2) is 21.4 Å². The number of aromatic nitrogens is 2. The van der Waals surface area contributed by atoms with E-state index < -0.39 is 0 Å². The molecule has 1 amide bonds. The third kappa shape index (κ3) is 3.87. The van der Waals surface area contributed by atoms with Crippen molar-refractivity contribution >= 4 is 23.1 Å². The highest BCUT2D eigenvalue weighted by molar-refractivity contribution is 6.11. The molecule has 0 atom stereocenters. The molecule has 2 N–H and O–H groups in total. The van der Waals surface area contributed by atoms with Crippen molar-refractivity contribution in [2.45, 2.75) is 0 Å². The molecule has 0 aliphatic rings. The van der Waals surface area contributed by atoms with Crippen molar-refractivity contribution < 1.29 is 4.79 Å². The molecule has 0 saturated carbocycles. The summed E-state index contributed by atoms with van der Waals surface area (Å²) in [5.74, 6) is 0.0303. The Morgan fingerprint density at radius 1 is 1.04 bits per heavy atom. The Hall–Kier alpha value is -4.43. The normalized spacial score (nSPS) is 9.68. The van der Waals surface area contributed by atoms with Crippen LogP contribution in [0.4, 0.5) is 11.5 Å². The molecule has 28 heavy (non-hydrogen) atoms. The van der Waals surface area contributed by atoms with Gasteiger partial charge < -0.3 is 5.32 Å². The zero-order chi connectivity index (χ0) is 19.9. The number of hydrogen-bond acceptors (Lipinski definition) is 6. The third-order valence-corrected chi connectivity index (χ3v) is 3.85. The number of hydrazone groups is 1. The summed E-state index contributed by atoms with van der Waals surface area (Å²) in [6.45, 7) is 0. The average molecular weight is 369 g/mol. The van der Waals surface area contributed by atoms with Crippen molar-refractivity contribution in [2.75, 3.05) is 10.7 Å². The van der Waals surface area contributed by atoms with Crippen molar-refractivity contribution in [2.24, 2.45) is 12.1 Å². The lowest BCUT2D eigenvalue weighted by Crippen LogP contribution is -2.15. The highest BCUT2D eigenvalue weighted by Gasteiger charge is 2.20. The number of hydrogen-bond donors (Lipinski definition) is 2. The molecule has 0 aliphatic carbocycles. The number of benzene rings is 2. The third-order valence-electron chi connectivity index (χ3n) is 3.85. The van der Waals surface area contributed by atoms with Crippen molar-refractivity contribution in [1.29, 1.82) is 10.5 Å². The summed E-state index contributed by atoms with van der Waals surface area (Å²) in [5.41, 5.74) is 4.52. The molecule has 1 aromatic heterocycles. The van der Waals surface area contributed by atoms with Gasteiger partial charge in [-0.05, 0) is 12.1 Å². The number of nitrogens with zero attached hydrogens (tertiary/aromatic N) is 5. The van der Waals surface area contributed by atoms with Gasteiger partial charge in [-0.3, -0.25) is 10.2 Å². The van der Waals surface area contributed by atoms with Gasteiger partial charge in [0, 0.05) is 18.2 Å². The van der Waals surface area contributed by atoms with Crippen LogP contribution in [0, 0.1) is 22.7 Å². The van der Waals surface area contributed by atoms with Crippen molar-refractivity contribution in [3.05, 3.63) is 66.2 Å². The van der Waals surface area contributed by atoms with E-state index in [4.69, 9.17) is 10.5 Å². The number of rotatable bonds is 5. The summed E-state index contributed by atoms with van der Waals surface area (Å²) in [7, 11) is 1.68. The van der Waals surface area contributed by atoms with E-state index in [1.54, 1.807) is 43.5 Å². The van der Waals surface area contributed by atoms with E-state index in [1.807, 2.05) is 36.4 Å². The molecule has 1 heterocycles. The van der Waals surface area contributed by atoms with E-state index >= 15 is 0 Å². The van der Waals surface area contributed by atoms with Crippen LogP contribution >= 0.6 is 0 Å². The minimum atomic E-state index is -0.344. The minimum absolute atomic E-state index is 0.323. The molecule has 0 saturated heterocycles. The number of amides is 1. The second-order valence-corrected chi connectivity index (χ2v) is 5.68. The fourth-order valence-electron chi connectivity index (χ4n) is 2.53. The lowest BCUT2D eigenvalue weighted by molar-refractivity contribution is 0.102. The second kappa shape index (κ2) is 8.30. The standard InChI is InChI=1S/C20H15N7O/c1-27-19(23-20(28)15-10-6-3-7-11-15)18(25-24-16(12-21)13-22)17(26-27)14-8-4-2-5-9-14/h2-11,25H,1H3,(H,23,28). The zero-order valence-corrected chi connectivity index (χ0v) is 14.9. The van der Waals surface area contributed by atoms with E-state index in [0.717, 1.165) is 5.56 Å². The summed E-state index contributed by atoms with van der Waals surface area (Å²) in [4.78, 5) is 12.6. The Morgan fingerprint density at radius 2 is 1.64 bits per heavy atom. The Labute approximate surface area is 161 Å². The van der Waals surface area contributed by atoms with E-state index in [1.165, 1.54) is 4.68 Å². The zero-order valence-electron chi connectivity index (χ0n) is 14.9. The molecule has 136 valence electrons. The van der Waals surface area contributed by atoms with E-state index in [0.29, 0.717) is 22.8 Å². The molecule has 0 aliphatic heterocycles. The Kier molecular flexibility index (Phi) is 5.44. The number of anilines is 2. The maximum absolute atomic E-state index is 12.6. The van der Waals surface area contributed by atoms with E-state index in [2.05, 4.69) is 20.9 Å². The molecule has 0 unspecified atom stereocenters. The Morgan fingerprint density at radius 3 is 2.25 bits per heavy atom. The first-order valence-corrected chi connectivity index (χ1v) is 8.26. The second-order valence-electron chi connectivity index (χ2n) is 5.68. The first-order valence-electron chi connectivity index (χ1n) is 8.26. The summed E-state index contributed by atoms with van der Waals surface area (Å²) in [6, 6.07) is 21.4. The Bertz CT molecular complexity index is 1090. The monoisotopic (exact) mass is 369 g/mol. The van der Waals surface area contributed by atoms with Crippen LogP contribution in [-0.2, 0) is 7.05 Å². The summed E-state index contributed by atoms with van der Waals surface area (Å²) < 4.78 is 1.50. The molecule has 0 fully saturated rings. The van der Waals surface area contributed by atoms with Crippen molar-refractivity contribution in [3.8, 4) is 23.4 Å². The lowest BCUT2D eigenvalue weighted by atomic mass is 10.1. The van der Waals surface area contributed by atoms with Gasteiger partial charge in [0.2, 0.25) is 5.71 Å². The summed E-state index contributed by atoms with van der Waals surface area (Å²) in [5, 5.41) is 28.9. The molecule has 8 heteroatoms. The average Bonchev–Trinajstić information content (AvgIpc) is 3.05. The van der Waals surface area contributed by atoms with Crippen LogP contribution in [0.3, 0.4) is 0 Å². The van der Waals surface area contributed by atoms with E-state index in [9.17, 15) is 4.79 Å². The van der Waals surface area contributed by atoms with Gasteiger partial charge in [0.1, 0.15) is 23.5 Å². The largest absolute Gasteiger partial charge is 0.305 e. The van der Waals surface area contributed by atoms with Crippen LogP contribution in [0.1, 0.15) is 10.4 Å². The SMILES string of the molecule is Cn1nc(-c2ccccc2)c(NN=C(C#N)C#N)c1NC(=O)c1ccccc1. The van der Waals surface area contributed by atoms with Crippen LogP contribution in [0.15, 0.2) is 65.8 Å². The van der Waals surface area contributed by atoms with Gasteiger partial charge in [0.05, 0.1) is 0 Å². The maximum Gasteiger partial charge on any atom is 0.256 e. The van der Waals surface area contributed by atoms with Gasteiger partial charge >= 0.3 is 0 Å². The smallest absolute Gasteiger partial charge is 0.256 e. The molecule has 2 aromatic carbocycles. The fraction of sp³-hybridized carbons (Fsp3) is 0.0500. The highest BCUT2D eigenvalue weighted by Crippen LogP contribution is 2.34. The topological polar surface area (TPSA) is 119 Å². The van der Waals surface area contributed by atoms with Gasteiger partial charge in [-0.1, -0.05) is 48.5 Å². The molecule has 3 rings (SSSR count). The summed E-state index contributed by atoms with van der Waals surface area (Å²) >= 11 is 0. The number of carbonyl (C=O) groups excluding carboxylic acids is 1. The fourth-order valence-corrected chi connectivity index (χ4v) is 2.53. The van der Waals surface area contributed by atoms with Crippen LogP contribution in [0.25, 0.3) is 11.3 Å². The van der Waals surface area contributed by atoms with Gasteiger partial charge in [0.15, 0.2) is 5.82 Å². The first kappa shape index (κ1) is 18.4. The van der Waals surface area contributed by atoms with Gasteiger partial charge in [-0.15, -0.1) is 0 Å². The van der Waals surface area contributed by atoms with Crippen molar-refractivity contribution in [1.82, 2.24) is 9.78 Å². The van der Waals surface area contributed by atoms with Crippen LogP contribution < -0.4 is 10.7 Å². The van der Waals surface area contributed by atoms with Crippen LogP contribution in [0.2, 0.25) is 0 Å². The van der Waals surface area contributed by atoms with Gasteiger partial charge in [-0.25, -0.2) is 4.68 Å². The van der Waals surface area contributed by atoms with E-state index in [-0.39, 0.29) is 11.6 Å². The molecule has 0 spiro atoms. The number of carbonyl (C=O) groups is 1. The molecule has 8 nitrogen and oxygen atoms in total. The molecular weight excluding hydrogens is 354 g/mol. The quantitative estimate of drug-likeness (QED) is 0.529. The minimum Gasteiger partial charge on any atom is -0.305 e. The molecule has 3 aromatic rings. The van der Waals surface area contributed by atoms with Crippen molar-refractivity contribution in [3.63, 3.8) is 0 Å². The Balaban J connectivity index is 2.05. The molecular formula is C20H15N7O. The predicted molar refractivity (Wildman–Crippen MR) is 105 cm³/mol. The number of nitriles is 2. The predicted octanol–water partition coefficient (Wildman–Crippen LogP) is 3.15. The summed E-state index contributed by atoms with van der Waals surface area (Å²) in [6.07, 6.45) is 0. The number of aryl methyl sites for hydroxylation is 1. The maximum atomic E-state index is 12.6. The van der Waals surface area contributed by atoms with Crippen LogP contribution in [0.5, 0.6) is 0 Å². The van der Waals surface area contributed by atoms with Gasteiger partial charge in [0.25, 0.3) is 5.91 Å².